The lowest BCUT2D eigenvalue weighted by molar-refractivity contribution is -0.143. The Kier molecular flexibility index (Phi) is 2.79. The summed E-state index contributed by atoms with van der Waals surface area (Å²) in [5.74, 6) is 0. The molecule has 1 aliphatic rings. The highest BCUT2D eigenvalue weighted by molar-refractivity contribution is 9.10. The molecule has 0 bridgehead atoms. The van der Waals surface area contributed by atoms with Gasteiger partial charge in [-0.3, -0.25) is 0 Å². The SMILES string of the molecule is FC(F)(F)Cn1nc2c(c1Br)CCCC2. The van der Waals surface area contributed by atoms with E-state index in [0.29, 0.717) is 4.60 Å². The molecule has 6 heteroatoms. The van der Waals surface area contributed by atoms with Crippen LogP contribution in [0.1, 0.15) is 24.1 Å². The van der Waals surface area contributed by atoms with Gasteiger partial charge in [-0.2, -0.15) is 18.3 Å². The van der Waals surface area contributed by atoms with Crippen LogP contribution in [-0.4, -0.2) is 16.0 Å². The van der Waals surface area contributed by atoms with Crippen LogP contribution in [0.2, 0.25) is 0 Å². The van der Waals surface area contributed by atoms with Gasteiger partial charge in [0.15, 0.2) is 0 Å². The molecule has 84 valence electrons. The molecule has 0 saturated heterocycles. The average molecular weight is 283 g/mol. The standard InChI is InChI=1S/C9H10BrF3N2/c10-8-6-3-1-2-4-7(6)14-15(8)5-9(11,12)13/h1-5H2. The quantitative estimate of drug-likeness (QED) is 0.774. The highest BCUT2D eigenvalue weighted by atomic mass is 79.9. The Hall–Kier alpha value is -0.520. The summed E-state index contributed by atoms with van der Waals surface area (Å²) in [6, 6.07) is 0. The Morgan fingerprint density at radius 3 is 2.53 bits per heavy atom. The predicted octanol–water partition coefficient (Wildman–Crippen LogP) is 3.09. The van der Waals surface area contributed by atoms with E-state index in [-0.39, 0.29) is 0 Å². The molecule has 0 N–H and O–H groups in total. The normalized spacial score (nSPS) is 16.5. The molecule has 0 unspecified atom stereocenters. The highest BCUT2D eigenvalue weighted by Crippen LogP contribution is 2.29. The highest BCUT2D eigenvalue weighted by Gasteiger charge is 2.31. The fourth-order valence-electron chi connectivity index (χ4n) is 1.84. The first kappa shape index (κ1) is 11.0. The van der Waals surface area contributed by atoms with Gasteiger partial charge in [0.25, 0.3) is 0 Å². The molecule has 2 rings (SSSR count). The lowest BCUT2D eigenvalue weighted by Gasteiger charge is -2.08. The Morgan fingerprint density at radius 2 is 1.93 bits per heavy atom. The number of fused-ring (bicyclic) bond motifs is 1. The minimum absolute atomic E-state index is 0.495. The fraction of sp³-hybridized carbons (Fsp3) is 0.667. The van der Waals surface area contributed by atoms with Crippen molar-refractivity contribution in [2.24, 2.45) is 0 Å². The second-order valence-corrected chi connectivity index (χ2v) is 4.45. The van der Waals surface area contributed by atoms with Crippen LogP contribution in [0.3, 0.4) is 0 Å². The molecule has 0 radical (unpaired) electrons. The van der Waals surface area contributed by atoms with Gasteiger partial charge in [-0.25, -0.2) is 4.68 Å². The summed E-state index contributed by atoms with van der Waals surface area (Å²) in [7, 11) is 0. The first-order chi connectivity index (χ1) is 6.97. The van der Waals surface area contributed by atoms with Crippen LogP contribution in [0.5, 0.6) is 0 Å². The van der Waals surface area contributed by atoms with Gasteiger partial charge in [0.2, 0.25) is 0 Å². The van der Waals surface area contributed by atoms with Crippen LogP contribution in [0.15, 0.2) is 4.60 Å². The molecule has 1 aromatic heterocycles. The third-order valence-corrected chi connectivity index (χ3v) is 3.37. The largest absolute Gasteiger partial charge is 0.408 e. The van der Waals surface area contributed by atoms with Gasteiger partial charge < -0.3 is 0 Å². The van der Waals surface area contributed by atoms with E-state index in [1.54, 1.807) is 0 Å². The van der Waals surface area contributed by atoms with Crippen molar-refractivity contribution in [3.05, 3.63) is 15.9 Å². The number of hydrogen-bond acceptors (Lipinski definition) is 1. The van der Waals surface area contributed by atoms with E-state index in [4.69, 9.17) is 0 Å². The summed E-state index contributed by atoms with van der Waals surface area (Å²) in [5, 5.41) is 3.99. The molecule has 0 saturated carbocycles. The first-order valence-electron chi connectivity index (χ1n) is 4.78. The summed E-state index contributed by atoms with van der Waals surface area (Å²) in [6.45, 7) is -1.01. The van der Waals surface area contributed by atoms with Gasteiger partial charge in [-0.1, -0.05) is 0 Å². The second kappa shape index (κ2) is 3.81. The van der Waals surface area contributed by atoms with E-state index < -0.39 is 12.7 Å². The van der Waals surface area contributed by atoms with Crippen molar-refractivity contribution in [1.82, 2.24) is 9.78 Å². The van der Waals surface area contributed by atoms with Crippen molar-refractivity contribution in [1.29, 1.82) is 0 Å². The minimum Gasteiger partial charge on any atom is -0.249 e. The third kappa shape index (κ3) is 2.35. The molecule has 2 nitrogen and oxygen atoms in total. The van der Waals surface area contributed by atoms with Crippen molar-refractivity contribution in [2.75, 3.05) is 0 Å². The van der Waals surface area contributed by atoms with E-state index in [1.807, 2.05) is 0 Å². The number of nitrogens with zero attached hydrogens (tertiary/aromatic N) is 2. The topological polar surface area (TPSA) is 17.8 Å². The first-order valence-corrected chi connectivity index (χ1v) is 5.57. The Bertz CT molecular complexity index is 370. The lowest BCUT2D eigenvalue weighted by Crippen LogP contribution is -2.18. The molecule has 0 fully saturated rings. The van der Waals surface area contributed by atoms with Gasteiger partial charge in [-0.15, -0.1) is 0 Å². The summed E-state index contributed by atoms with van der Waals surface area (Å²) < 4.78 is 38.1. The van der Waals surface area contributed by atoms with E-state index in [9.17, 15) is 13.2 Å². The van der Waals surface area contributed by atoms with Crippen LogP contribution >= 0.6 is 15.9 Å². The summed E-state index contributed by atoms with van der Waals surface area (Å²) >= 11 is 3.19. The molecular weight excluding hydrogens is 273 g/mol. The smallest absolute Gasteiger partial charge is 0.249 e. The maximum atomic E-state index is 12.2. The van der Waals surface area contributed by atoms with Crippen LogP contribution in [0.25, 0.3) is 0 Å². The Morgan fingerprint density at radius 1 is 1.27 bits per heavy atom. The summed E-state index contributed by atoms with van der Waals surface area (Å²) in [4.78, 5) is 0. The molecule has 0 aromatic carbocycles. The zero-order valence-corrected chi connectivity index (χ0v) is 9.53. The Labute approximate surface area is 93.6 Å². The molecule has 1 heterocycles. The summed E-state index contributed by atoms with van der Waals surface area (Å²) in [6.07, 6.45) is -0.546. The van der Waals surface area contributed by atoms with E-state index in [2.05, 4.69) is 21.0 Å². The van der Waals surface area contributed by atoms with Gasteiger partial charge in [-0.05, 0) is 41.6 Å². The number of rotatable bonds is 1. The fourth-order valence-corrected chi connectivity index (χ4v) is 2.47. The number of aromatic nitrogens is 2. The van der Waals surface area contributed by atoms with Crippen LogP contribution in [0, 0.1) is 0 Å². The van der Waals surface area contributed by atoms with E-state index >= 15 is 0 Å². The van der Waals surface area contributed by atoms with Crippen molar-refractivity contribution in [3.8, 4) is 0 Å². The van der Waals surface area contributed by atoms with Gasteiger partial charge >= 0.3 is 6.18 Å². The molecule has 1 aromatic rings. The Balaban J connectivity index is 2.29. The van der Waals surface area contributed by atoms with Crippen LogP contribution < -0.4 is 0 Å². The lowest BCUT2D eigenvalue weighted by atomic mass is 9.99. The zero-order valence-electron chi connectivity index (χ0n) is 7.94. The maximum Gasteiger partial charge on any atom is 0.408 e. The molecule has 1 aliphatic carbocycles. The number of hydrogen-bond donors (Lipinski definition) is 0. The summed E-state index contributed by atoms with van der Waals surface area (Å²) in [5.41, 5.74) is 1.77. The average Bonchev–Trinajstić information content (AvgIpc) is 2.42. The molecule has 0 spiro atoms. The third-order valence-electron chi connectivity index (χ3n) is 2.48. The van der Waals surface area contributed by atoms with Crippen molar-refractivity contribution in [3.63, 3.8) is 0 Å². The molecule has 0 amide bonds. The van der Waals surface area contributed by atoms with Crippen LogP contribution in [0.4, 0.5) is 13.2 Å². The molecule has 0 atom stereocenters. The van der Waals surface area contributed by atoms with Crippen molar-refractivity contribution in [2.45, 2.75) is 38.4 Å². The molecular formula is C9H10BrF3N2. The zero-order chi connectivity index (χ0) is 11.1. The minimum atomic E-state index is -4.21. The maximum absolute atomic E-state index is 12.2. The van der Waals surface area contributed by atoms with E-state index in [1.165, 1.54) is 0 Å². The van der Waals surface area contributed by atoms with Crippen LogP contribution in [-0.2, 0) is 19.4 Å². The van der Waals surface area contributed by atoms with Crippen molar-refractivity contribution >= 4 is 15.9 Å². The van der Waals surface area contributed by atoms with Gasteiger partial charge in [0.05, 0.1) is 5.69 Å². The van der Waals surface area contributed by atoms with Gasteiger partial charge in [0.1, 0.15) is 11.1 Å². The monoisotopic (exact) mass is 282 g/mol. The second-order valence-electron chi connectivity index (χ2n) is 3.70. The van der Waals surface area contributed by atoms with E-state index in [0.717, 1.165) is 41.6 Å². The predicted molar refractivity (Wildman–Crippen MR) is 52.6 cm³/mol. The number of aryl methyl sites for hydroxylation is 1. The molecule has 0 aliphatic heterocycles. The van der Waals surface area contributed by atoms with Crippen molar-refractivity contribution < 1.29 is 13.2 Å². The molecule has 15 heavy (non-hydrogen) atoms. The number of alkyl halides is 3. The van der Waals surface area contributed by atoms with Gasteiger partial charge in [0, 0.05) is 5.56 Å². The number of halogens is 4.